The Balaban J connectivity index is 2.81. The second-order valence-electron chi connectivity index (χ2n) is 8.65. The highest BCUT2D eigenvalue weighted by molar-refractivity contribution is 6.30. The van der Waals surface area contributed by atoms with E-state index in [4.69, 9.17) is 16.0 Å². The maximum absolute atomic E-state index is 13.9. The van der Waals surface area contributed by atoms with Crippen LogP contribution in [0.2, 0.25) is 5.02 Å². The summed E-state index contributed by atoms with van der Waals surface area (Å²) in [6.45, 7) is 14.0. The van der Waals surface area contributed by atoms with Crippen molar-refractivity contribution in [3.05, 3.63) is 63.1 Å². The van der Waals surface area contributed by atoms with Crippen molar-refractivity contribution in [3.8, 4) is 0 Å². The number of halogens is 2. The zero-order valence-corrected chi connectivity index (χ0v) is 19.1. The molecule has 0 bridgehead atoms. The van der Waals surface area contributed by atoms with Gasteiger partial charge in [-0.15, -0.1) is 0 Å². The molecule has 1 heterocycles. The number of hydrogen-bond acceptors (Lipinski definition) is 2. The van der Waals surface area contributed by atoms with Gasteiger partial charge in [-0.3, -0.25) is 4.79 Å². The van der Waals surface area contributed by atoms with Crippen LogP contribution in [0.5, 0.6) is 0 Å². The average Bonchev–Trinajstić information content (AvgIpc) is 3.03. The smallest absolute Gasteiger partial charge is 0.200 e. The van der Waals surface area contributed by atoms with E-state index in [0.29, 0.717) is 11.2 Å². The van der Waals surface area contributed by atoms with Crippen molar-refractivity contribution in [1.82, 2.24) is 0 Å². The number of hydrogen-bond donors (Lipinski definition) is 0. The first-order valence-electron chi connectivity index (χ1n) is 9.98. The van der Waals surface area contributed by atoms with E-state index < -0.39 is 5.82 Å². The lowest BCUT2D eigenvalue weighted by Crippen LogP contribution is -2.27. The van der Waals surface area contributed by atoms with E-state index in [9.17, 15) is 9.18 Å². The van der Waals surface area contributed by atoms with Crippen molar-refractivity contribution in [2.75, 3.05) is 0 Å². The summed E-state index contributed by atoms with van der Waals surface area (Å²) in [5.41, 5.74) is 3.03. The Bertz CT molecular complexity index is 1050. The fraction of sp³-hybridized carbons (Fsp3) is 0.400. The minimum atomic E-state index is -0.447. The highest BCUT2D eigenvalue weighted by atomic mass is 35.5. The Labute approximate surface area is 177 Å². The van der Waals surface area contributed by atoms with E-state index in [-0.39, 0.29) is 22.1 Å². The molecule has 0 aliphatic heterocycles. The fourth-order valence-corrected chi connectivity index (χ4v) is 3.17. The predicted octanol–water partition coefficient (Wildman–Crippen LogP) is 6.40. The van der Waals surface area contributed by atoms with Crippen molar-refractivity contribution < 1.29 is 13.6 Å². The van der Waals surface area contributed by atoms with Gasteiger partial charge in [-0.2, -0.15) is 0 Å². The molecule has 0 amide bonds. The standard InChI is InChI=1S/C25H30ClFO2/c1-8-9-18-14-22(23(28)15(2)3)29-24(18)19(25(5,6)7)12-16(4)17-10-11-20(26)21(27)13-17/h9-15H,8H2,1-7H3/b16-12+,18-9+,24-19-. The minimum absolute atomic E-state index is 0.0178. The van der Waals surface area contributed by atoms with Crippen LogP contribution >= 0.6 is 11.6 Å². The van der Waals surface area contributed by atoms with E-state index >= 15 is 0 Å². The van der Waals surface area contributed by atoms with Gasteiger partial charge in [-0.25, -0.2) is 4.39 Å². The van der Waals surface area contributed by atoms with Crippen molar-refractivity contribution in [2.24, 2.45) is 11.3 Å². The van der Waals surface area contributed by atoms with E-state index in [1.54, 1.807) is 12.1 Å². The van der Waals surface area contributed by atoms with Crippen LogP contribution in [-0.2, 0) is 0 Å². The molecule has 0 saturated carbocycles. The third-order valence-electron chi connectivity index (χ3n) is 4.74. The molecule has 1 aromatic carbocycles. The number of benzene rings is 1. The topological polar surface area (TPSA) is 30.2 Å². The lowest BCUT2D eigenvalue weighted by atomic mass is 9.84. The highest BCUT2D eigenvalue weighted by Crippen LogP contribution is 2.30. The van der Waals surface area contributed by atoms with Crippen molar-refractivity contribution in [2.45, 2.75) is 54.9 Å². The lowest BCUT2D eigenvalue weighted by molar-refractivity contribution is 0.0909. The normalized spacial score (nSPS) is 14.6. The van der Waals surface area contributed by atoms with Crippen LogP contribution in [0, 0.1) is 17.2 Å². The van der Waals surface area contributed by atoms with Crippen molar-refractivity contribution >= 4 is 34.6 Å². The van der Waals surface area contributed by atoms with Gasteiger partial charge in [0.15, 0.2) is 5.76 Å². The molecule has 0 saturated heterocycles. The van der Waals surface area contributed by atoms with Gasteiger partial charge in [0.25, 0.3) is 0 Å². The van der Waals surface area contributed by atoms with Gasteiger partial charge in [0.2, 0.25) is 5.78 Å². The first kappa shape index (κ1) is 23.2. The van der Waals surface area contributed by atoms with E-state index in [0.717, 1.165) is 28.3 Å². The Morgan fingerprint density at radius 1 is 1.24 bits per heavy atom. The lowest BCUT2D eigenvalue weighted by Gasteiger charge is -2.20. The Kier molecular flexibility index (Phi) is 7.29. The first-order chi connectivity index (χ1) is 13.5. The third kappa shape index (κ3) is 5.48. The number of allylic oxidation sites excluding steroid dienone is 2. The third-order valence-corrected chi connectivity index (χ3v) is 5.05. The van der Waals surface area contributed by atoms with E-state index in [1.165, 1.54) is 6.07 Å². The van der Waals surface area contributed by atoms with E-state index in [2.05, 4.69) is 33.8 Å². The molecule has 0 aliphatic carbocycles. The molecule has 0 spiro atoms. The summed E-state index contributed by atoms with van der Waals surface area (Å²) in [6, 6.07) is 6.62. The summed E-state index contributed by atoms with van der Waals surface area (Å²) in [4.78, 5) is 12.5. The number of rotatable bonds is 5. The molecule has 29 heavy (non-hydrogen) atoms. The van der Waals surface area contributed by atoms with Crippen LogP contribution in [0.3, 0.4) is 0 Å². The molecule has 0 aliphatic rings. The predicted molar refractivity (Wildman–Crippen MR) is 120 cm³/mol. The molecular formula is C25H30ClFO2. The molecule has 1 aromatic heterocycles. The number of Topliss-reactive ketones (excluding diaryl/α,β-unsaturated/α-hetero) is 1. The van der Waals surface area contributed by atoms with Crippen LogP contribution in [-0.4, -0.2) is 5.78 Å². The molecule has 2 aromatic rings. The van der Waals surface area contributed by atoms with Crippen LogP contribution in [0.1, 0.15) is 71.0 Å². The summed E-state index contributed by atoms with van der Waals surface area (Å²) < 4.78 is 20.0. The molecule has 2 nitrogen and oxygen atoms in total. The largest absolute Gasteiger partial charge is 0.453 e. The number of furan rings is 1. The SMILES string of the molecule is CC\C=c1/cc(C(=O)C(C)C)o/c1=C(/C=C(\C)c1ccc(Cl)c(F)c1)C(C)(C)C. The molecule has 4 heteroatoms. The van der Waals surface area contributed by atoms with Crippen LogP contribution in [0.4, 0.5) is 4.39 Å². The van der Waals surface area contributed by atoms with Crippen LogP contribution in [0.15, 0.2) is 34.8 Å². The maximum Gasteiger partial charge on any atom is 0.200 e. The first-order valence-corrected chi connectivity index (χ1v) is 10.4. The summed E-state index contributed by atoms with van der Waals surface area (Å²) in [6.07, 6.45) is 4.90. The Morgan fingerprint density at radius 3 is 2.41 bits per heavy atom. The number of ketones is 1. The van der Waals surface area contributed by atoms with E-state index in [1.807, 2.05) is 32.9 Å². The second kappa shape index (κ2) is 9.13. The molecule has 2 rings (SSSR count). The van der Waals surface area contributed by atoms with Crippen molar-refractivity contribution in [1.29, 1.82) is 0 Å². The monoisotopic (exact) mass is 416 g/mol. The van der Waals surface area contributed by atoms with Crippen molar-refractivity contribution in [3.63, 3.8) is 0 Å². The molecule has 0 unspecified atom stereocenters. The van der Waals surface area contributed by atoms with Gasteiger partial charge in [-0.1, -0.05) is 71.4 Å². The zero-order valence-electron chi connectivity index (χ0n) is 18.3. The molecule has 0 fully saturated rings. The summed E-state index contributed by atoms with van der Waals surface area (Å²) in [5.74, 6) is -0.233. The van der Waals surface area contributed by atoms with Crippen LogP contribution < -0.4 is 10.6 Å². The minimum Gasteiger partial charge on any atom is -0.453 e. The Hall–Kier alpha value is -2.13. The maximum atomic E-state index is 13.9. The van der Waals surface area contributed by atoms with Gasteiger partial charge in [0, 0.05) is 16.7 Å². The molecule has 0 radical (unpaired) electrons. The fourth-order valence-electron chi connectivity index (χ4n) is 3.06. The molecule has 156 valence electrons. The average molecular weight is 417 g/mol. The molecular weight excluding hydrogens is 387 g/mol. The zero-order chi connectivity index (χ0) is 21.9. The van der Waals surface area contributed by atoms with Gasteiger partial charge < -0.3 is 4.42 Å². The number of carbonyl (C=O) groups excluding carboxylic acids is 1. The van der Waals surface area contributed by atoms with Gasteiger partial charge in [-0.05, 0) is 48.1 Å². The summed E-state index contributed by atoms with van der Waals surface area (Å²) >= 11 is 5.82. The Morgan fingerprint density at radius 2 is 1.90 bits per heavy atom. The summed E-state index contributed by atoms with van der Waals surface area (Å²) in [5, 5.41) is 1.01. The molecule has 0 N–H and O–H groups in total. The quantitative estimate of drug-likeness (QED) is 0.527. The summed E-state index contributed by atoms with van der Waals surface area (Å²) in [7, 11) is 0. The van der Waals surface area contributed by atoms with Gasteiger partial charge >= 0.3 is 0 Å². The van der Waals surface area contributed by atoms with Crippen LogP contribution in [0.25, 0.3) is 17.2 Å². The highest BCUT2D eigenvalue weighted by Gasteiger charge is 2.21. The second-order valence-corrected chi connectivity index (χ2v) is 9.05. The van der Waals surface area contributed by atoms with Gasteiger partial charge in [0.1, 0.15) is 11.2 Å². The number of carbonyl (C=O) groups is 1. The molecule has 0 atom stereocenters. The van der Waals surface area contributed by atoms with Gasteiger partial charge in [0.05, 0.1) is 5.02 Å².